The molecule has 0 spiro atoms. The second-order valence-electron chi connectivity index (χ2n) is 3.26. The van der Waals surface area contributed by atoms with Gasteiger partial charge in [-0.15, -0.1) is 0 Å². The van der Waals surface area contributed by atoms with E-state index in [1.165, 1.54) is 5.56 Å². The minimum Gasteiger partial charge on any atom is -0.464 e. The van der Waals surface area contributed by atoms with Crippen LogP contribution in [0.1, 0.15) is 0 Å². The van der Waals surface area contributed by atoms with Crippen LogP contribution in [0.25, 0.3) is 22.6 Å². The monoisotopic (exact) mass is 215 g/mol. The van der Waals surface area contributed by atoms with Crippen molar-refractivity contribution in [2.24, 2.45) is 0 Å². The number of thiophene rings is 1. The Balaban J connectivity index is 2.15. The van der Waals surface area contributed by atoms with Crippen LogP contribution >= 0.6 is 11.3 Å². The molecule has 0 saturated heterocycles. The molecule has 0 bridgehead atoms. The van der Waals surface area contributed by atoms with Crippen LogP contribution in [0.3, 0.4) is 0 Å². The summed E-state index contributed by atoms with van der Waals surface area (Å²) >= 11 is 1.68. The predicted molar refractivity (Wildman–Crippen MR) is 61.8 cm³/mol. The molecule has 15 heavy (non-hydrogen) atoms. The number of rotatable bonds is 2. The van der Waals surface area contributed by atoms with Crippen LogP contribution in [0.5, 0.6) is 0 Å². The third-order valence-electron chi connectivity index (χ3n) is 2.34. The largest absolute Gasteiger partial charge is 0.464 e. The van der Waals surface area contributed by atoms with Crippen LogP contribution in [-0.2, 0) is 0 Å². The van der Waals surface area contributed by atoms with Crippen molar-refractivity contribution < 1.29 is 4.42 Å². The van der Waals surface area contributed by atoms with Crippen LogP contribution in [0.4, 0.5) is 0 Å². The molecule has 0 unspecified atom stereocenters. The Kier molecular flexibility index (Phi) is 1.96. The number of nitrogens with one attached hydrogen (secondary N) is 1. The zero-order valence-electron chi connectivity index (χ0n) is 7.94. The molecule has 3 heteroatoms. The SMILES string of the molecule is c1c[nH]c(-c2cscc2-c2ccco2)c1. The fourth-order valence-corrected chi connectivity index (χ4v) is 2.46. The molecule has 1 N–H and O–H groups in total. The molecule has 74 valence electrons. The Morgan fingerprint density at radius 1 is 1.07 bits per heavy atom. The molecule has 3 heterocycles. The van der Waals surface area contributed by atoms with E-state index >= 15 is 0 Å². The van der Waals surface area contributed by atoms with E-state index in [4.69, 9.17) is 4.42 Å². The second kappa shape index (κ2) is 3.44. The molecule has 0 fully saturated rings. The second-order valence-corrected chi connectivity index (χ2v) is 4.00. The molecule has 0 amide bonds. The van der Waals surface area contributed by atoms with Gasteiger partial charge in [0.2, 0.25) is 0 Å². The molecule has 2 nitrogen and oxygen atoms in total. The Hall–Kier alpha value is -1.74. The maximum Gasteiger partial charge on any atom is 0.135 e. The first-order valence-corrected chi connectivity index (χ1v) is 5.63. The Morgan fingerprint density at radius 2 is 2.00 bits per heavy atom. The Labute approximate surface area is 91.2 Å². The van der Waals surface area contributed by atoms with E-state index in [0.29, 0.717) is 0 Å². The molecule has 0 saturated carbocycles. The molecule has 0 aromatic carbocycles. The highest BCUT2D eigenvalue weighted by molar-refractivity contribution is 7.08. The molecule has 3 aromatic heterocycles. The summed E-state index contributed by atoms with van der Waals surface area (Å²) in [5.74, 6) is 0.917. The standard InChI is InChI=1S/C12H9NOS/c1-3-11(13-5-1)9-7-15-8-10(9)12-4-2-6-14-12/h1-8,13H. The quantitative estimate of drug-likeness (QED) is 0.687. The smallest absolute Gasteiger partial charge is 0.135 e. The van der Waals surface area contributed by atoms with Gasteiger partial charge in [0.1, 0.15) is 5.76 Å². The molecule has 0 aliphatic heterocycles. The molecule has 0 aliphatic rings. The van der Waals surface area contributed by atoms with Crippen LogP contribution in [0.2, 0.25) is 0 Å². The number of hydrogen-bond donors (Lipinski definition) is 1. The van der Waals surface area contributed by atoms with Gasteiger partial charge in [-0.3, -0.25) is 0 Å². The molecule has 0 atom stereocenters. The van der Waals surface area contributed by atoms with Crippen molar-refractivity contribution in [2.45, 2.75) is 0 Å². The highest BCUT2D eigenvalue weighted by atomic mass is 32.1. The number of aromatic amines is 1. The maximum absolute atomic E-state index is 5.41. The normalized spacial score (nSPS) is 10.7. The van der Waals surface area contributed by atoms with E-state index in [1.54, 1.807) is 17.6 Å². The molecule has 0 aliphatic carbocycles. The van der Waals surface area contributed by atoms with Crippen molar-refractivity contribution in [1.82, 2.24) is 4.98 Å². The fraction of sp³-hybridized carbons (Fsp3) is 0. The van der Waals surface area contributed by atoms with E-state index in [9.17, 15) is 0 Å². The topological polar surface area (TPSA) is 28.9 Å². The van der Waals surface area contributed by atoms with Gasteiger partial charge in [0.05, 0.1) is 6.26 Å². The van der Waals surface area contributed by atoms with Gasteiger partial charge in [-0.1, -0.05) is 0 Å². The van der Waals surface area contributed by atoms with Crippen molar-refractivity contribution in [3.8, 4) is 22.6 Å². The van der Waals surface area contributed by atoms with Crippen LogP contribution in [0.15, 0.2) is 51.9 Å². The summed E-state index contributed by atoms with van der Waals surface area (Å²) in [6.45, 7) is 0. The lowest BCUT2D eigenvalue weighted by Crippen LogP contribution is -1.76. The van der Waals surface area contributed by atoms with E-state index in [1.807, 2.05) is 24.4 Å². The third kappa shape index (κ3) is 1.41. The summed E-state index contributed by atoms with van der Waals surface area (Å²) in [5, 5.41) is 4.23. The van der Waals surface area contributed by atoms with Gasteiger partial charge in [-0.25, -0.2) is 0 Å². The van der Waals surface area contributed by atoms with Crippen LogP contribution < -0.4 is 0 Å². The lowest BCUT2D eigenvalue weighted by molar-refractivity contribution is 0.583. The first-order chi connectivity index (χ1) is 7.45. The zero-order valence-corrected chi connectivity index (χ0v) is 8.75. The van der Waals surface area contributed by atoms with E-state index < -0.39 is 0 Å². The molecule has 3 aromatic rings. The van der Waals surface area contributed by atoms with E-state index in [2.05, 4.69) is 21.8 Å². The Morgan fingerprint density at radius 3 is 2.73 bits per heavy atom. The van der Waals surface area contributed by atoms with Gasteiger partial charge in [-0.2, -0.15) is 11.3 Å². The average molecular weight is 215 g/mol. The third-order valence-corrected chi connectivity index (χ3v) is 3.08. The highest BCUT2D eigenvalue weighted by Crippen LogP contribution is 2.34. The lowest BCUT2D eigenvalue weighted by Gasteiger charge is -1.98. The summed E-state index contributed by atoms with van der Waals surface area (Å²) in [7, 11) is 0. The number of aromatic nitrogens is 1. The maximum atomic E-state index is 5.41. The van der Waals surface area contributed by atoms with Gasteiger partial charge in [0.25, 0.3) is 0 Å². The van der Waals surface area contributed by atoms with Gasteiger partial charge < -0.3 is 9.40 Å². The van der Waals surface area contributed by atoms with Crippen molar-refractivity contribution >= 4 is 11.3 Å². The zero-order chi connectivity index (χ0) is 10.1. The number of hydrogen-bond acceptors (Lipinski definition) is 2. The van der Waals surface area contributed by atoms with Crippen molar-refractivity contribution in [2.75, 3.05) is 0 Å². The molecule has 3 rings (SSSR count). The van der Waals surface area contributed by atoms with Crippen molar-refractivity contribution in [1.29, 1.82) is 0 Å². The van der Waals surface area contributed by atoms with E-state index in [0.717, 1.165) is 17.0 Å². The van der Waals surface area contributed by atoms with Crippen molar-refractivity contribution in [3.63, 3.8) is 0 Å². The van der Waals surface area contributed by atoms with E-state index in [-0.39, 0.29) is 0 Å². The first-order valence-electron chi connectivity index (χ1n) is 4.69. The average Bonchev–Trinajstić information content (AvgIpc) is 3.01. The highest BCUT2D eigenvalue weighted by Gasteiger charge is 2.10. The van der Waals surface area contributed by atoms with Crippen LogP contribution in [0, 0.1) is 0 Å². The van der Waals surface area contributed by atoms with Gasteiger partial charge >= 0.3 is 0 Å². The molecular formula is C12H9NOS. The van der Waals surface area contributed by atoms with Crippen molar-refractivity contribution in [3.05, 3.63) is 47.5 Å². The molecular weight excluding hydrogens is 206 g/mol. The summed E-state index contributed by atoms with van der Waals surface area (Å²) in [4.78, 5) is 3.21. The number of furan rings is 1. The van der Waals surface area contributed by atoms with Crippen LogP contribution in [-0.4, -0.2) is 4.98 Å². The molecule has 0 radical (unpaired) electrons. The van der Waals surface area contributed by atoms with Gasteiger partial charge in [-0.05, 0) is 24.3 Å². The Bertz CT molecular complexity index is 485. The summed E-state index contributed by atoms with van der Waals surface area (Å²) in [5.41, 5.74) is 3.47. The van der Waals surface area contributed by atoms with Gasteiger partial charge in [0, 0.05) is 33.8 Å². The lowest BCUT2D eigenvalue weighted by atomic mass is 10.1. The number of H-pyrrole nitrogens is 1. The summed E-state index contributed by atoms with van der Waals surface area (Å²) in [6, 6.07) is 7.95. The summed E-state index contributed by atoms with van der Waals surface area (Å²) in [6.07, 6.45) is 3.63. The van der Waals surface area contributed by atoms with Gasteiger partial charge in [0.15, 0.2) is 0 Å². The summed E-state index contributed by atoms with van der Waals surface area (Å²) < 4.78 is 5.41. The minimum absolute atomic E-state index is 0.917. The first kappa shape index (κ1) is 8.56. The fourth-order valence-electron chi connectivity index (χ4n) is 1.63. The predicted octanol–water partition coefficient (Wildman–Crippen LogP) is 4.00. The minimum atomic E-state index is 0.917.